The summed E-state index contributed by atoms with van der Waals surface area (Å²) in [5.41, 5.74) is 0. The molecular weight excluding hydrogens is 300 g/mol. The third-order valence-corrected chi connectivity index (χ3v) is 7.04. The standard InChI is InChI=1S/C11H22N2O3S2Si/c1-12(11(17)18)3-2-10-19-14-7-4-13(5-8-15-19)6-9-16-19/h2-10H2,1H3,(H,17,18). The van der Waals surface area contributed by atoms with Crippen molar-refractivity contribution < 1.29 is 13.3 Å². The Morgan fingerprint density at radius 3 is 2.21 bits per heavy atom. The van der Waals surface area contributed by atoms with Gasteiger partial charge in [-0.3, -0.25) is 4.90 Å². The van der Waals surface area contributed by atoms with Gasteiger partial charge in [-0.25, -0.2) is 0 Å². The Kier molecular flexibility index (Phi) is 6.06. The van der Waals surface area contributed by atoms with Crippen molar-refractivity contribution in [2.24, 2.45) is 0 Å². The van der Waals surface area contributed by atoms with Crippen LogP contribution in [0.15, 0.2) is 0 Å². The van der Waals surface area contributed by atoms with E-state index in [-0.39, 0.29) is 0 Å². The predicted molar refractivity (Wildman–Crippen MR) is 83.7 cm³/mol. The lowest BCUT2D eigenvalue weighted by Crippen LogP contribution is -2.55. The van der Waals surface area contributed by atoms with Crippen molar-refractivity contribution in [3.63, 3.8) is 0 Å². The summed E-state index contributed by atoms with van der Waals surface area (Å²) in [6, 6.07) is 0.855. The lowest BCUT2D eigenvalue weighted by atomic mass is 10.4. The van der Waals surface area contributed by atoms with Gasteiger partial charge in [-0.05, 0) is 6.42 Å². The molecule has 0 unspecified atom stereocenters. The minimum Gasteiger partial charge on any atom is -0.372 e. The van der Waals surface area contributed by atoms with Gasteiger partial charge in [-0.1, -0.05) is 12.2 Å². The lowest BCUT2D eigenvalue weighted by Gasteiger charge is -2.38. The molecule has 0 aromatic rings. The van der Waals surface area contributed by atoms with Crippen molar-refractivity contribution in [2.75, 3.05) is 53.0 Å². The van der Waals surface area contributed by atoms with Crippen LogP contribution in [0.4, 0.5) is 0 Å². The van der Waals surface area contributed by atoms with Crippen LogP contribution in [0, 0.1) is 0 Å². The average Bonchev–Trinajstić information content (AvgIpc) is 2.29. The molecule has 8 heteroatoms. The fourth-order valence-electron chi connectivity index (χ4n) is 2.30. The molecule has 0 amide bonds. The fourth-order valence-corrected chi connectivity index (χ4v) is 4.97. The smallest absolute Gasteiger partial charge is 0.372 e. The van der Waals surface area contributed by atoms with E-state index in [0.717, 1.165) is 38.6 Å². The number of hydrogen-bond acceptors (Lipinski definition) is 5. The Morgan fingerprint density at radius 2 is 1.74 bits per heavy atom. The maximum absolute atomic E-state index is 5.97. The molecule has 0 aromatic heterocycles. The van der Waals surface area contributed by atoms with E-state index in [2.05, 4.69) is 17.5 Å². The molecule has 110 valence electrons. The molecule has 3 saturated heterocycles. The van der Waals surface area contributed by atoms with Gasteiger partial charge in [0.15, 0.2) is 0 Å². The molecule has 5 nitrogen and oxygen atoms in total. The van der Waals surface area contributed by atoms with E-state index >= 15 is 0 Å². The largest absolute Gasteiger partial charge is 0.501 e. The highest BCUT2D eigenvalue weighted by Gasteiger charge is 2.43. The third kappa shape index (κ3) is 4.66. The van der Waals surface area contributed by atoms with Gasteiger partial charge in [0.1, 0.15) is 4.32 Å². The minimum atomic E-state index is -2.45. The summed E-state index contributed by atoms with van der Waals surface area (Å²) in [5.74, 6) is 0. The average molecular weight is 323 g/mol. The van der Waals surface area contributed by atoms with E-state index in [0.29, 0.717) is 24.1 Å². The van der Waals surface area contributed by atoms with Crippen LogP contribution in [0.1, 0.15) is 6.42 Å². The summed E-state index contributed by atoms with van der Waals surface area (Å²) in [4.78, 5) is 4.28. The highest BCUT2D eigenvalue weighted by Crippen LogP contribution is 2.22. The SMILES string of the molecule is CN(CCC[Si]12OCCN(CCO1)CCO2)C(=S)S. The first-order valence-electron chi connectivity index (χ1n) is 6.70. The van der Waals surface area contributed by atoms with Gasteiger partial charge in [-0.15, -0.1) is 12.6 Å². The summed E-state index contributed by atoms with van der Waals surface area (Å²) in [6.45, 7) is 5.97. The molecule has 0 radical (unpaired) electrons. The molecule has 0 saturated carbocycles. The van der Waals surface area contributed by atoms with Crippen LogP contribution < -0.4 is 0 Å². The first-order chi connectivity index (χ1) is 9.11. The zero-order valence-electron chi connectivity index (χ0n) is 11.3. The van der Waals surface area contributed by atoms with Crippen molar-refractivity contribution >= 4 is 38.0 Å². The van der Waals surface area contributed by atoms with Crippen molar-refractivity contribution in [1.29, 1.82) is 0 Å². The minimum absolute atomic E-state index is 0.618. The highest BCUT2D eigenvalue weighted by atomic mass is 32.1. The molecule has 0 N–H and O–H groups in total. The predicted octanol–water partition coefficient (Wildman–Crippen LogP) is 0.841. The maximum atomic E-state index is 5.97. The molecule has 0 spiro atoms. The van der Waals surface area contributed by atoms with Crippen LogP contribution in [0.25, 0.3) is 0 Å². The molecular formula is C11H22N2O3S2Si. The topological polar surface area (TPSA) is 34.2 Å². The van der Waals surface area contributed by atoms with Crippen LogP contribution >= 0.6 is 24.8 Å². The third-order valence-electron chi connectivity index (χ3n) is 3.49. The van der Waals surface area contributed by atoms with Gasteiger partial charge in [0, 0.05) is 39.3 Å². The Morgan fingerprint density at radius 1 is 1.21 bits per heavy atom. The van der Waals surface area contributed by atoms with E-state index in [1.165, 1.54) is 0 Å². The van der Waals surface area contributed by atoms with Gasteiger partial charge in [0.25, 0.3) is 0 Å². The number of rotatable bonds is 4. The Bertz CT molecular complexity index is 296. The molecule has 19 heavy (non-hydrogen) atoms. The Hall–Kier alpha value is 0.297. The summed E-state index contributed by atoms with van der Waals surface area (Å²) in [5, 5.41) is 0. The van der Waals surface area contributed by atoms with Crippen LogP contribution in [0.3, 0.4) is 0 Å². The monoisotopic (exact) mass is 322 g/mol. The molecule has 3 rings (SSSR count). The number of thiocarbonyl (C=S) groups is 1. The number of thiol groups is 1. The van der Waals surface area contributed by atoms with E-state index in [1.54, 1.807) is 0 Å². The first-order valence-corrected chi connectivity index (χ1v) is 9.48. The van der Waals surface area contributed by atoms with Gasteiger partial charge in [-0.2, -0.15) is 0 Å². The number of nitrogens with zero attached hydrogens (tertiary/aromatic N) is 2. The van der Waals surface area contributed by atoms with Crippen LogP contribution in [-0.2, 0) is 13.3 Å². The molecule has 3 fully saturated rings. The molecule has 0 aromatic carbocycles. The molecule has 0 atom stereocenters. The Labute approximate surface area is 127 Å². The summed E-state index contributed by atoms with van der Waals surface area (Å²) in [6.07, 6.45) is 0.952. The Balaban J connectivity index is 1.86. The van der Waals surface area contributed by atoms with Crippen LogP contribution in [0.5, 0.6) is 0 Å². The first kappa shape index (κ1) is 15.7. The second kappa shape index (κ2) is 7.35. The van der Waals surface area contributed by atoms with Gasteiger partial charge < -0.3 is 18.2 Å². The number of fused-ring (bicyclic) bond motifs is 6. The summed E-state index contributed by atoms with van der Waals surface area (Å²) >= 11 is 9.18. The number of hydrogen-bond donors (Lipinski definition) is 1. The van der Waals surface area contributed by atoms with Crippen molar-refractivity contribution in [2.45, 2.75) is 12.5 Å². The van der Waals surface area contributed by atoms with E-state index in [1.807, 2.05) is 11.9 Å². The fraction of sp³-hybridized carbons (Fsp3) is 0.909. The normalized spacial score (nSPS) is 31.4. The zero-order valence-corrected chi connectivity index (χ0v) is 14.0. The van der Waals surface area contributed by atoms with E-state index in [4.69, 9.17) is 25.5 Å². The second-order valence-electron chi connectivity index (χ2n) is 4.88. The quantitative estimate of drug-likeness (QED) is 0.469. The summed E-state index contributed by atoms with van der Waals surface area (Å²) < 4.78 is 18.5. The highest BCUT2D eigenvalue weighted by molar-refractivity contribution is 8.10. The van der Waals surface area contributed by atoms with Gasteiger partial charge >= 0.3 is 8.80 Å². The van der Waals surface area contributed by atoms with Crippen molar-refractivity contribution in [1.82, 2.24) is 9.80 Å². The van der Waals surface area contributed by atoms with E-state index in [9.17, 15) is 0 Å². The van der Waals surface area contributed by atoms with Gasteiger partial charge in [0.05, 0.1) is 19.8 Å². The second-order valence-corrected chi connectivity index (χ2v) is 8.72. The van der Waals surface area contributed by atoms with Crippen molar-refractivity contribution in [3.05, 3.63) is 0 Å². The van der Waals surface area contributed by atoms with E-state index < -0.39 is 8.80 Å². The molecule has 0 aliphatic carbocycles. The molecule has 3 aliphatic heterocycles. The molecule has 2 bridgehead atoms. The molecule has 3 aliphatic rings. The van der Waals surface area contributed by atoms with Crippen molar-refractivity contribution in [3.8, 4) is 0 Å². The maximum Gasteiger partial charge on any atom is 0.501 e. The molecule has 3 heterocycles. The van der Waals surface area contributed by atoms with Crippen LogP contribution in [0.2, 0.25) is 6.04 Å². The van der Waals surface area contributed by atoms with Crippen LogP contribution in [-0.4, -0.2) is 76.0 Å². The lowest BCUT2D eigenvalue weighted by molar-refractivity contribution is -0.00862. The zero-order chi connectivity index (χ0) is 13.7. The summed E-state index contributed by atoms with van der Waals surface area (Å²) in [7, 11) is -0.501. The van der Waals surface area contributed by atoms with Gasteiger partial charge in [0.2, 0.25) is 0 Å².